The van der Waals surface area contributed by atoms with Gasteiger partial charge >= 0.3 is 0 Å². The highest BCUT2D eigenvalue weighted by Gasteiger charge is 2.21. The summed E-state index contributed by atoms with van der Waals surface area (Å²) in [6.45, 7) is 3.98. The number of hydrogen-bond donors (Lipinski definition) is 1. The largest absolute Gasteiger partial charge is 0.497 e. The van der Waals surface area contributed by atoms with Crippen LogP contribution in [0.4, 0.5) is 5.69 Å². The van der Waals surface area contributed by atoms with Crippen LogP contribution >= 0.6 is 11.6 Å². The third kappa shape index (κ3) is 6.37. The zero-order chi connectivity index (χ0) is 22.3. The molecule has 0 spiro atoms. The zero-order valence-corrected chi connectivity index (χ0v) is 19.4. The summed E-state index contributed by atoms with van der Waals surface area (Å²) in [5.41, 5.74) is 2.23. The van der Waals surface area contributed by atoms with Crippen LogP contribution in [-0.4, -0.2) is 34.2 Å². The number of benzene rings is 2. The highest BCUT2D eigenvalue weighted by atomic mass is 35.5. The summed E-state index contributed by atoms with van der Waals surface area (Å²) in [7, 11) is -1.89. The lowest BCUT2D eigenvalue weighted by Gasteiger charge is -2.25. The first-order valence-electron chi connectivity index (χ1n) is 9.83. The number of rotatable bonds is 10. The molecule has 0 aliphatic rings. The fourth-order valence-electron chi connectivity index (χ4n) is 3.24. The molecule has 0 heterocycles. The molecular formula is C22H29ClN2O4S. The number of sulfonamides is 1. The van der Waals surface area contributed by atoms with Crippen LogP contribution in [0.3, 0.4) is 0 Å². The van der Waals surface area contributed by atoms with E-state index >= 15 is 0 Å². The van der Waals surface area contributed by atoms with Crippen molar-refractivity contribution in [1.29, 1.82) is 0 Å². The van der Waals surface area contributed by atoms with E-state index in [1.54, 1.807) is 32.2 Å². The molecule has 1 atom stereocenters. The molecule has 0 aliphatic heterocycles. The van der Waals surface area contributed by atoms with Crippen LogP contribution in [-0.2, 0) is 14.8 Å². The Balaban J connectivity index is 2.00. The van der Waals surface area contributed by atoms with Gasteiger partial charge in [-0.2, -0.15) is 0 Å². The maximum Gasteiger partial charge on any atom is 0.232 e. The highest BCUT2D eigenvalue weighted by Crippen LogP contribution is 2.28. The SMILES string of the molecule is CC[C@@H](NC(=O)CCCN(c1cccc(Cl)c1C)S(C)(=O)=O)c1ccc(OC)cc1. The predicted molar refractivity (Wildman–Crippen MR) is 122 cm³/mol. The van der Waals surface area contributed by atoms with E-state index in [0.717, 1.165) is 24.0 Å². The van der Waals surface area contributed by atoms with Crippen molar-refractivity contribution in [3.63, 3.8) is 0 Å². The van der Waals surface area contributed by atoms with E-state index in [4.69, 9.17) is 16.3 Å². The first-order chi connectivity index (χ1) is 14.2. The van der Waals surface area contributed by atoms with E-state index in [1.165, 1.54) is 4.31 Å². The number of carbonyl (C=O) groups excluding carboxylic acids is 1. The van der Waals surface area contributed by atoms with Crippen molar-refractivity contribution in [2.75, 3.05) is 24.2 Å². The lowest BCUT2D eigenvalue weighted by molar-refractivity contribution is -0.121. The molecular weight excluding hydrogens is 424 g/mol. The van der Waals surface area contributed by atoms with Crippen LogP contribution in [0.2, 0.25) is 5.02 Å². The maximum atomic E-state index is 12.5. The molecule has 164 valence electrons. The molecule has 0 unspecified atom stereocenters. The van der Waals surface area contributed by atoms with Gasteiger partial charge in [-0.05, 0) is 55.2 Å². The van der Waals surface area contributed by atoms with Gasteiger partial charge in [0.1, 0.15) is 5.75 Å². The zero-order valence-electron chi connectivity index (χ0n) is 17.8. The Hall–Kier alpha value is -2.25. The fraction of sp³-hybridized carbons (Fsp3) is 0.409. The van der Waals surface area contributed by atoms with E-state index in [0.29, 0.717) is 22.7 Å². The van der Waals surface area contributed by atoms with E-state index in [2.05, 4.69) is 5.32 Å². The van der Waals surface area contributed by atoms with Gasteiger partial charge in [0.25, 0.3) is 0 Å². The minimum Gasteiger partial charge on any atom is -0.497 e. The third-order valence-electron chi connectivity index (χ3n) is 4.93. The summed E-state index contributed by atoms with van der Waals surface area (Å²) in [5, 5.41) is 3.53. The van der Waals surface area contributed by atoms with E-state index in [1.807, 2.05) is 31.2 Å². The molecule has 0 saturated heterocycles. The second-order valence-corrected chi connectivity index (χ2v) is 9.44. The van der Waals surface area contributed by atoms with Gasteiger partial charge in [-0.1, -0.05) is 36.7 Å². The number of carbonyl (C=O) groups is 1. The Morgan fingerprint density at radius 1 is 1.20 bits per heavy atom. The van der Waals surface area contributed by atoms with Crippen molar-refractivity contribution in [2.24, 2.45) is 0 Å². The smallest absolute Gasteiger partial charge is 0.232 e. The topological polar surface area (TPSA) is 75.7 Å². The third-order valence-corrected chi connectivity index (χ3v) is 6.52. The van der Waals surface area contributed by atoms with Gasteiger partial charge in [0.05, 0.1) is 25.1 Å². The normalized spacial score (nSPS) is 12.3. The number of halogens is 1. The molecule has 0 bridgehead atoms. The quantitative estimate of drug-likeness (QED) is 0.577. The number of anilines is 1. The second-order valence-electron chi connectivity index (χ2n) is 7.12. The summed E-state index contributed by atoms with van der Waals surface area (Å²) in [5.74, 6) is 0.644. The van der Waals surface area contributed by atoms with E-state index in [9.17, 15) is 13.2 Å². The Bertz CT molecular complexity index is 962. The Morgan fingerprint density at radius 3 is 2.43 bits per heavy atom. The minimum atomic E-state index is -3.50. The van der Waals surface area contributed by atoms with Crippen molar-refractivity contribution < 1.29 is 17.9 Å². The molecule has 1 amide bonds. The molecule has 0 aliphatic carbocycles. The number of hydrogen-bond acceptors (Lipinski definition) is 4. The predicted octanol–water partition coefficient (Wildman–Crippen LogP) is 4.47. The Labute approximate surface area is 184 Å². The van der Waals surface area contributed by atoms with Crippen molar-refractivity contribution in [2.45, 2.75) is 39.2 Å². The van der Waals surface area contributed by atoms with Gasteiger partial charge in [0.2, 0.25) is 15.9 Å². The first kappa shape index (κ1) is 24.0. The standard InChI is InChI=1S/C22H29ClN2O4S/c1-5-20(17-11-13-18(29-3)14-12-17)24-22(26)10-7-15-25(30(4,27)28)21-9-6-8-19(23)16(21)2/h6,8-9,11-14,20H,5,7,10,15H2,1-4H3,(H,24,26)/t20-/m1/s1. The van der Waals surface area contributed by atoms with Gasteiger partial charge in [0.15, 0.2) is 0 Å². The molecule has 0 radical (unpaired) electrons. The Morgan fingerprint density at radius 2 is 1.87 bits per heavy atom. The average Bonchev–Trinajstić information content (AvgIpc) is 2.71. The Kier molecular flexibility index (Phi) is 8.55. The van der Waals surface area contributed by atoms with Crippen LogP contribution in [0.25, 0.3) is 0 Å². The van der Waals surface area contributed by atoms with Crippen LogP contribution < -0.4 is 14.4 Å². The molecule has 2 aromatic carbocycles. The number of nitrogens with one attached hydrogen (secondary N) is 1. The van der Waals surface area contributed by atoms with Crippen molar-refractivity contribution >= 4 is 33.2 Å². The number of methoxy groups -OCH3 is 1. The molecule has 2 rings (SSSR count). The lowest BCUT2D eigenvalue weighted by Crippen LogP contribution is -2.33. The van der Waals surface area contributed by atoms with E-state index in [-0.39, 0.29) is 24.9 Å². The van der Waals surface area contributed by atoms with Crippen molar-refractivity contribution in [3.8, 4) is 5.75 Å². The molecule has 0 aromatic heterocycles. The summed E-state index contributed by atoms with van der Waals surface area (Å²) in [4.78, 5) is 12.5. The number of ether oxygens (including phenoxy) is 1. The summed E-state index contributed by atoms with van der Waals surface area (Å²) < 4.78 is 31.1. The number of nitrogens with zero attached hydrogens (tertiary/aromatic N) is 1. The fourth-order valence-corrected chi connectivity index (χ4v) is 4.42. The van der Waals surface area contributed by atoms with Gasteiger partial charge < -0.3 is 10.1 Å². The monoisotopic (exact) mass is 452 g/mol. The van der Waals surface area contributed by atoms with Gasteiger partial charge in [-0.25, -0.2) is 8.42 Å². The lowest BCUT2D eigenvalue weighted by atomic mass is 10.0. The van der Waals surface area contributed by atoms with E-state index < -0.39 is 10.0 Å². The molecule has 2 aromatic rings. The van der Waals surface area contributed by atoms with Crippen LogP contribution in [0.1, 0.15) is 43.4 Å². The summed E-state index contributed by atoms with van der Waals surface area (Å²) in [6.07, 6.45) is 2.52. The van der Waals surface area contributed by atoms with Gasteiger partial charge in [0, 0.05) is 18.0 Å². The maximum absolute atomic E-state index is 12.5. The summed E-state index contributed by atoms with van der Waals surface area (Å²) in [6, 6.07) is 12.6. The van der Waals surface area contributed by atoms with Gasteiger partial charge in [-0.3, -0.25) is 9.10 Å². The minimum absolute atomic E-state index is 0.107. The molecule has 30 heavy (non-hydrogen) atoms. The molecule has 0 saturated carbocycles. The molecule has 6 nitrogen and oxygen atoms in total. The highest BCUT2D eigenvalue weighted by molar-refractivity contribution is 7.92. The molecule has 0 fully saturated rings. The first-order valence-corrected chi connectivity index (χ1v) is 12.1. The molecule has 1 N–H and O–H groups in total. The van der Waals surface area contributed by atoms with Gasteiger partial charge in [-0.15, -0.1) is 0 Å². The van der Waals surface area contributed by atoms with Crippen LogP contribution in [0.15, 0.2) is 42.5 Å². The van der Waals surface area contributed by atoms with Crippen LogP contribution in [0, 0.1) is 6.92 Å². The summed E-state index contributed by atoms with van der Waals surface area (Å²) >= 11 is 6.15. The van der Waals surface area contributed by atoms with Crippen molar-refractivity contribution in [3.05, 3.63) is 58.6 Å². The average molecular weight is 453 g/mol. The van der Waals surface area contributed by atoms with Crippen molar-refractivity contribution in [1.82, 2.24) is 5.32 Å². The second kappa shape index (κ2) is 10.7. The number of amides is 1. The van der Waals surface area contributed by atoms with Crippen LogP contribution in [0.5, 0.6) is 5.75 Å². The molecule has 8 heteroatoms.